The van der Waals surface area contributed by atoms with Gasteiger partial charge in [-0.05, 0) is 82.7 Å². The van der Waals surface area contributed by atoms with E-state index in [9.17, 15) is 0 Å². The summed E-state index contributed by atoms with van der Waals surface area (Å²) in [6.45, 7) is 0. The fraction of sp³-hybridized carbons (Fsp3) is 0.294. The van der Waals surface area contributed by atoms with Crippen LogP contribution in [0.2, 0.25) is 5.02 Å². The smallest absolute Gasteiger partial charge is 0.0552 e. The first-order valence-corrected chi connectivity index (χ1v) is 8.43. The third-order valence-corrected chi connectivity index (χ3v) is 5.61. The molecule has 1 nitrogen and oxygen atoms in total. The molecule has 0 heterocycles. The Morgan fingerprint density at radius 3 is 2.35 bits per heavy atom. The average Bonchev–Trinajstić information content (AvgIpc) is 2.49. The molecule has 0 aromatic heterocycles. The molecule has 2 aromatic rings. The van der Waals surface area contributed by atoms with Crippen LogP contribution in [0.1, 0.15) is 41.1 Å². The zero-order chi connectivity index (χ0) is 14.1. The highest BCUT2D eigenvalue weighted by Gasteiger charge is 2.14. The fourth-order valence-corrected chi connectivity index (χ4v) is 3.37. The van der Waals surface area contributed by atoms with Crippen molar-refractivity contribution in [3.63, 3.8) is 0 Å². The van der Waals surface area contributed by atoms with Crippen LogP contribution in [0.25, 0.3) is 0 Å². The summed E-state index contributed by atoms with van der Waals surface area (Å²) in [5.41, 5.74) is 11.6. The van der Waals surface area contributed by atoms with Crippen molar-refractivity contribution in [1.82, 2.24) is 0 Å². The van der Waals surface area contributed by atoms with Crippen LogP contribution in [0, 0.1) is 3.57 Å². The Labute approximate surface area is 138 Å². The molecule has 1 unspecified atom stereocenters. The van der Waals surface area contributed by atoms with Gasteiger partial charge in [-0.2, -0.15) is 0 Å². The average molecular weight is 398 g/mol. The first-order chi connectivity index (χ1) is 9.65. The Kier molecular flexibility index (Phi) is 4.34. The van der Waals surface area contributed by atoms with Gasteiger partial charge in [0.15, 0.2) is 0 Å². The van der Waals surface area contributed by atoms with E-state index < -0.39 is 0 Å². The van der Waals surface area contributed by atoms with E-state index >= 15 is 0 Å². The van der Waals surface area contributed by atoms with Crippen LogP contribution in [0.3, 0.4) is 0 Å². The molecule has 1 aliphatic rings. The number of fused-ring (bicyclic) bond motifs is 1. The first kappa shape index (κ1) is 14.4. The fourth-order valence-electron chi connectivity index (χ4n) is 2.85. The quantitative estimate of drug-likeness (QED) is 0.719. The second kappa shape index (κ2) is 6.04. The van der Waals surface area contributed by atoms with Crippen LogP contribution in [0.4, 0.5) is 0 Å². The van der Waals surface area contributed by atoms with Gasteiger partial charge in [-0.1, -0.05) is 35.9 Å². The lowest BCUT2D eigenvalue weighted by molar-refractivity contribution is 0.682. The minimum Gasteiger partial charge on any atom is -0.320 e. The number of benzene rings is 2. The van der Waals surface area contributed by atoms with Gasteiger partial charge >= 0.3 is 0 Å². The first-order valence-electron chi connectivity index (χ1n) is 6.97. The third kappa shape index (κ3) is 2.87. The maximum absolute atomic E-state index is 6.41. The van der Waals surface area contributed by atoms with Crippen molar-refractivity contribution in [2.75, 3.05) is 0 Å². The minimum atomic E-state index is -0.100. The van der Waals surface area contributed by atoms with E-state index in [1.54, 1.807) is 0 Å². The Balaban J connectivity index is 1.93. The van der Waals surface area contributed by atoms with Crippen LogP contribution in [0.5, 0.6) is 0 Å². The van der Waals surface area contributed by atoms with Gasteiger partial charge in [0, 0.05) is 3.57 Å². The van der Waals surface area contributed by atoms with E-state index in [2.05, 4.69) is 46.9 Å². The highest BCUT2D eigenvalue weighted by Crippen LogP contribution is 2.29. The van der Waals surface area contributed by atoms with Crippen molar-refractivity contribution in [3.05, 3.63) is 67.2 Å². The number of rotatable bonds is 2. The summed E-state index contributed by atoms with van der Waals surface area (Å²) in [6, 6.07) is 12.7. The molecule has 104 valence electrons. The van der Waals surface area contributed by atoms with Crippen molar-refractivity contribution in [3.8, 4) is 0 Å². The normalized spacial score (nSPS) is 15.8. The van der Waals surface area contributed by atoms with Crippen LogP contribution in [0.15, 0.2) is 36.4 Å². The summed E-state index contributed by atoms with van der Waals surface area (Å²) in [5.74, 6) is 0. The van der Waals surface area contributed by atoms with Crippen LogP contribution in [-0.4, -0.2) is 0 Å². The van der Waals surface area contributed by atoms with Gasteiger partial charge < -0.3 is 5.73 Å². The molecule has 3 heteroatoms. The van der Waals surface area contributed by atoms with E-state index in [1.807, 2.05) is 12.1 Å². The predicted octanol–water partition coefficient (Wildman–Crippen LogP) is 4.87. The van der Waals surface area contributed by atoms with E-state index in [4.69, 9.17) is 17.3 Å². The van der Waals surface area contributed by atoms with E-state index in [0.717, 1.165) is 14.2 Å². The number of hydrogen-bond donors (Lipinski definition) is 1. The molecule has 0 amide bonds. The zero-order valence-electron chi connectivity index (χ0n) is 11.2. The molecule has 0 radical (unpaired) electrons. The Morgan fingerprint density at radius 1 is 0.950 bits per heavy atom. The monoisotopic (exact) mass is 397 g/mol. The van der Waals surface area contributed by atoms with Gasteiger partial charge in [-0.25, -0.2) is 0 Å². The number of aryl methyl sites for hydroxylation is 2. The van der Waals surface area contributed by atoms with Gasteiger partial charge in [0.05, 0.1) is 11.1 Å². The number of halogens is 2. The molecule has 20 heavy (non-hydrogen) atoms. The second-order valence-corrected chi connectivity index (χ2v) is 6.96. The molecule has 0 spiro atoms. The van der Waals surface area contributed by atoms with Crippen LogP contribution < -0.4 is 5.73 Å². The lowest BCUT2D eigenvalue weighted by atomic mass is 9.88. The third-order valence-electron chi connectivity index (χ3n) is 4.03. The molecule has 2 aromatic carbocycles. The van der Waals surface area contributed by atoms with Gasteiger partial charge in [-0.15, -0.1) is 0 Å². The molecule has 0 saturated carbocycles. The molecular weight excluding hydrogens is 381 g/mol. The van der Waals surface area contributed by atoms with Crippen molar-refractivity contribution < 1.29 is 0 Å². The Morgan fingerprint density at radius 2 is 1.60 bits per heavy atom. The summed E-state index contributed by atoms with van der Waals surface area (Å²) >= 11 is 8.43. The summed E-state index contributed by atoms with van der Waals surface area (Å²) < 4.78 is 1.06. The van der Waals surface area contributed by atoms with Crippen molar-refractivity contribution in [2.24, 2.45) is 5.73 Å². The van der Waals surface area contributed by atoms with E-state index in [1.165, 1.54) is 42.4 Å². The minimum absolute atomic E-state index is 0.100. The molecule has 0 saturated heterocycles. The van der Waals surface area contributed by atoms with Crippen molar-refractivity contribution in [1.29, 1.82) is 0 Å². The molecule has 3 rings (SSSR count). The lowest BCUT2D eigenvalue weighted by Gasteiger charge is -2.19. The van der Waals surface area contributed by atoms with Gasteiger partial charge in [-0.3, -0.25) is 0 Å². The molecular formula is C17H17ClIN. The standard InChI is InChI=1S/C17H17ClIN/c18-15-10-14(7-8-16(15)19)17(20)13-6-5-11-3-1-2-4-12(11)9-13/h5-10,17H,1-4,20H2. The number of hydrogen-bond acceptors (Lipinski definition) is 1. The maximum Gasteiger partial charge on any atom is 0.0552 e. The van der Waals surface area contributed by atoms with Gasteiger partial charge in [0.1, 0.15) is 0 Å². The summed E-state index contributed by atoms with van der Waals surface area (Å²) in [6.07, 6.45) is 5.00. The summed E-state index contributed by atoms with van der Waals surface area (Å²) in [5, 5.41) is 0.775. The Hall–Kier alpha value is -0.580. The molecule has 0 bridgehead atoms. The molecule has 0 aliphatic heterocycles. The van der Waals surface area contributed by atoms with Gasteiger partial charge in [0.25, 0.3) is 0 Å². The van der Waals surface area contributed by atoms with Crippen molar-refractivity contribution in [2.45, 2.75) is 31.7 Å². The van der Waals surface area contributed by atoms with E-state index in [0.29, 0.717) is 0 Å². The maximum atomic E-state index is 6.41. The van der Waals surface area contributed by atoms with Gasteiger partial charge in [0.2, 0.25) is 0 Å². The second-order valence-electron chi connectivity index (χ2n) is 5.39. The Bertz CT molecular complexity index is 639. The zero-order valence-corrected chi connectivity index (χ0v) is 14.1. The molecule has 1 aliphatic carbocycles. The summed E-state index contributed by atoms with van der Waals surface area (Å²) in [4.78, 5) is 0. The van der Waals surface area contributed by atoms with E-state index in [-0.39, 0.29) is 6.04 Å². The molecule has 0 fully saturated rings. The summed E-state index contributed by atoms with van der Waals surface area (Å²) in [7, 11) is 0. The van der Waals surface area contributed by atoms with Crippen LogP contribution >= 0.6 is 34.2 Å². The number of nitrogens with two attached hydrogens (primary N) is 1. The largest absolute Gasteiger partial charge is 0.320 e. The molecule has 2 N–H and O–H groups in total. The highest BCUT2D eigenvalue weighted by molar-refractivity contribution is 14.1. The lowest BCUT2D eigenvalue weighted by Crippen LogP contribution is -2.13. The van der Waals surface area contributed by atoms with Crippen LogP contribution in [-0.2, 0) is 12.8 Å². The molecule has 1 atom stereocenters. The topological polar surface area (TPSA) is 26.0 Å². The van der Waals surface area contributed by atoms with Crippen molar-refractivity contribution >= 4 is 34.2 Å². The SMILES string of the molecule is NC(c1ccc(I)c(Cl)c1)c1ccc2c(c1)CCCC2. The highest BCUT2D eigenvalue weighted by atomic mass is 127. The predicted molar refractivity (Wildman–Crippen MR) is 93.3 cm³/mol.